The zero-order valence-electron chi connectivity index (χ0n) is 16.4. The van der Waals surface area contributed by atoms with Gasteiger partial charge in [-0.3, -0.25) is 4.79 Å². The SMILES string of the molecule is CN(C)C(=O)N1CCC(c2nnc3n2CCN(C(=O)Cc2cccs2)C3)CC1. The summed E-state index contributed by atoms with van der Waals surface area (Å²) >= 11 is 1.62. The Bertz CT molecular complexity index is 839. The van der Waals surface area contributed by atoms with E-state index in [1.165, 1.54) is 0 Å². The molecule has 1 fully saturated rings. The number of amides is 3. The number of rotatable bonds is 3. The maximum absolute atomic E-state index is 12.6. The summed E-state index contributed by atoms with van der Waals surface area (Å²) in [4.78, 5) is 31.2. The Morgan fingerprint density at radius 2 is 1.93 bits per heavy atom. The second-order valence-electron chi connectivity index (χ2n) is 7.64. The van der Waals surface area contributed by atoms with E-state index in [9.17, 15) is 9.59 Å². The van der Waals surface area contributed by atoms with Crippen molar-refractivity contribution in [3.63, 3.8) is 0 Å². The Hall–Kier alpha value is -2.42. The lowest BCUT2D eigenvalue weighted by Crippen LogP contribution is -2.44. The summed E-state index contributed by atoms with van der Waals surface area (Å²) in [5.74, 6) is 2.35. The average molecular weight is 403 g/mol. The molecule has 0 aromatic carbocycles. The number of hydrogen-bond donors (Lipinski definition) is 0. The molecule has 2 aliphatic rings. The first-order valence-corrected chi connectivity index (χ1v) is 10.6. The zero-order chi connectivity index (χ0) is 19.7. The molecule has 4 heterocycles. The Balaban J connectivity index is 1.38. The fraction of sp³-hybridized carbons (Fsp3) is 0.579. The maximum Gasteiger partial charge on any atom is 0.319 e. The van der Waals surface area contributed by atoms with Gasteiger partial charge in [0, 0.05) is 51.1 Å². The Morgan fingerprint density at radius 3 is 2.61 bits per heavy atom. The Morgan fingerprint density at radius 1 is 1.14 bits per heavy atom. The summed E-state index contributed by atoms with van der Waals surface area (Å²) in [6.45, 7) is 3.45. The molecule has 0 saturated carbocycles. The third-order valence-electron chi connectivity index (χ3n) is 5.55. The largest absolute Gasteiger partial charge is 0.333 e. The van der Waals surface area contributed by atoms with Gasteiger partial charge in [-0.1, -0.05) is 6.07 Å². The van der Waals surface area contributed by atoms with Crippen LogP contribution in [0.1, 0.15) is 35.3 Å². The molecule has 3 amide bonds. The molecular weight excluding hydrogens is 376 g/mol. The molecule has 2 aromatic heterocycles. The summed E-state index contributed by atoms with van der Waals surface area (Å²) in [5, 5.41) is 10.8. The number of likely N-dealkylation sites (tertiary alicyclic amines) is 1. The van der Waals surface area contributed by atoms with Gasteiger partial charge in [-0.2, -0.15) is 0 Å². The molecule has 4 rings (SSSR count). The van der Waals surface area contributed by atoms with Crippen molar-refractivity contribution in [1.82, 2.24) is 29.5 Å². The van der Waals surface area contributed by atoms with Crippen LogP contribution in [0.5, 0.6) is 0 Å². The van der Waals surface area contributed by atoms with E-state index in [0.29, 0.717) is 25.4 Å². The second kappa shape index (κ2) is 7.90. The van der Waals surface area contributed by atoms with Gasteiger partial charge in [0.1, 0.15) is 5.82 Å². The average Bonchev–Trinajstić information content (AvgIpc) is 3.36. The highest BCUT2D eigenvalue weighted by Crippen LogP contribution is 2.29. The summed E-state index contributed by atoms with van der Waals surface area (Å²) < 4.78 is 2.18. The topological polar surface area (TPSA) is 74.6 Å². The number of piperidine rings is 1. The van der Waals surface area contributed by atoms with Crippen molar-refractivity contribution in [2.24, 2.45) is 0 Å². The lowest BCUT2D eigenvalue weighted by atomic mass is 9.96. The molecular formula is C19H26N6O2S. The maximum atomic E-state index is 12.6. The molecule has 9 heteroatoms. The molecule has 0 spiro atoms. The van der Waals surface area contributed by atoms with Crippen molar-refractivity contribution in [1.29, 1.82) is 0 Å². The Kier molecular flexibility index (Phi) is 5.34. The van der Waals surface area contributed by atoms with E-state index in [-0.39, 0.29) is 11.9 Å². The first kappa shape index (κ1) is 18.9. The normalized spacial score (nSPS) is 17.5. The molecule has 2 aliphatic heterocycles. The minimum atomic E-state index is 0.0709. The van der Waals surface area contributed by atoms with Gasteiger partial charge in [-0.05, 0) is 24.3 Å². The number of hydrogen-bond acceptors (Lipinski definition) is 5. The number of nitrogens with zero attached hydrogens (tertiary/aromatic N) is 6. The van der Waals surface area contributed by atoms with Crippen molar-refractivity contribution in [2.45, 2.75) is 38.3 Å². The van der Waals surface area contributed by atoms with Gasteiger partial charge in [0.05, 0.1) is 13.0 Å². The zero-order valence-corrected chi connectivity index (χ0v) is 17.2. The molecule has 0 bridgehead atoms. The van der Waals surface area contributed by atoms with Crippen molar-refractivity contribution < 1.29 is 9.59 Å². The minimum absolute atomic E-state index is 0.0709. The summed E-state index contributed by atoms with van der Waals surface area (Å²) in [5.41, 5.74) is 0. The fourth-order valence-corrected chi connectivity index (χ4v) is 4.68. The first-order valence-electron chi connectivity index (χ1n) is 9.71. The third kappa shape index (κ3) is 3.76. The monoisotopic (exact) mass is 402 g/mol. The van der Waals surface area contributed by atoms with E-state index >= 15 is 0 Å². The highest BCUT2D eigenvalue weighted by Gasteiger charge is 2.31. The smallest absolute Gasteiger partial charge is 0.319 e. The van der Waals surface area contributed by atoms with Gasteiger partial charge in [-0.15, -0.1) is 21.5 Å². The number of urea groups is 1. The van der Waals surface area contributed by atoms with Crippen LogP contribution in [0.4, 0.5) is 4.79 Å². The van der Waals surface area contributed by atoms with E-state index < -0.39 is 0 Å². The summed E-state index contributed by atoms with van der Waals surface area (Å²) in [6, 6.07) is 4.05. The van der Waals surface area contributed by atoms with Crippen molar-refractivity contribution in [3.8, 4) is 0 Å². The number of aromatic nitrogens is 3. The number of carbonyl (C=O) groups is 2. The summed E-state index contributed by atoms with van der Waals surface area (Å²) in [7, 11) is 3.57. The molecule has 0 radical (unpaired) electrons. The van der Waals surface area contributed by atoms with E-state index in [2.05, 4.69) is 14.8 Å². The third-order valence-corrected chi connectivity index (χ3v) is 6.43. The van der Waals surface area contributed by atoms with Crippen LogP contribution < -0.4 is 0 Å². The van der Waals surface area contributed by atoms with Crippen LogP contribution in [0.25, 0.3) is 0 Å². The molecule has 0 N–H and O–H groups in total. The summed E-state index contributed by atoms with van der Waals surface area (Å²) in [6.07, 6.45) is 2.26. The second-order valence-corrected chi connectivity index (χ2v) is 8.67. The fourth-order valence-electron chi connectivity index (χ4n) is 3.98. The van der Waals surface area contributed by atoms with Crippen LogP contribution in [0.3, 0.4) is 0 Å². The highest BCUT2D eigenvalue weighted by molar-refractivity contribution is 7.10. The van der Waals surface area contributed by atoms with Crippen LogP contribution in [-0.2, 0) is 24.3 Å². The number of carbonyl (C=O) groups excluding carboxylic acids is 2. The van der Waals surface area contributed by atoms with Crippen LogP contribution >= 0.6 is 11.3 Å². The van der Waals surface area contributed by atoms with Gasteiger partial charge in [0.25, 0.3) is 0 Å². The Labute approximate surface area is 168 Å². The predicted octanol–water partition coefficient (Wildman–Crippen LogP) is 1.79. The van der Waals surface area contributed by atoms with Gasteiger partial charge < -0.3 is 19.3 Å². The van der Waals surface area contributed by atoms with Crippen LogP contribution in [0.15, 0.2) is 17.5 Å². The molecule has 1 saturated heterocycles. The van der Waals surface area contributed by atoms with E-state index in [4.69, 9.17) is 0 Å². The molecule has 28 heavy (non-hydrogen) atoms. The molecule has 2 aromatic rings. The van der Waals surface area contributed by atoms with Gasteiger partial charge in [0.2, 0.25) is 5.91 Å². The number of fused-ring (bicyclic) bond motifs is 1. The lowest BCUT2D eigenvalue weighted by molar-refractivity contribution is -0.131. The van der Waals surface area contributed by atoms with Gasteiger partial charge in [0.15, 0.2) is 5.82 Å². The first-order chi connectivity index (χ1) is 13.5. The van der Waals surface area contributed by atoms with Gasteiger partial charge in [-0.25, -0.2) is 4.79 Å². The van der Waals surface area contributed by atoms with Gasteiger partial charge >= 0.3 is 6.03 Å². The van der Waals surface area contributed by atoms with Crippen molar-refractivity contribution in [3.05, 3.63) is 34.0 Å². The van der Waals surface area contributed by atoms with Crippen LogP contribution in [0.2, 0.25) is 0 Å². The van der Waals surface area contributed by atoms with Crippen molar-refractivity contribution >= 4 is 23.3 Å². The van der Waals surface area contributed by atoms with Crippen molar-refractivity contribution in [2.75, 3.05) is 33.7 Å². The molecule has 0 atom stereocenters. The minimum Gasteiger partial charge on any atom is -0.333 e. The van der Waals surface area contributed by atoms with Crippen LogP contribution in [-0.4, -0.2) is 75.1 Å². The quantitative estimate of drug-likeness (QED) is 0.784. The van der Waals surface area contributed by atoms with E-state index in [1.807, 2.05) is 27.3 Å². The van der Waals surface area contributed by atoms with E-state index in [0.717, 1.165) is 49.0 Å². The standard InChI is InChI=1S/C19H26N6O2S/c1-22(2)19(27)23-7-5-14(6-8-23)18-21-20-16-13-24(9-10-25(16)18)17(26)12-15-4-3-11-28-15/h3-4,11,14H,5-10,12-13H2,1-2H3. The van der Waals surface area contributed by atoms with E-state index in [1.54, 1.807) is 30.3 Å². The lowest BCUT2D eigenvalue weighted by Gasteiger charge is -2.34. The predicted molar refractivity (Wildman–Crippen MR) is 106 cm³/mol. The molecule has 0 aliphatic carbocycles. The highest BCUT2D eigenvalue weighted by atomic mass is 32.1. The van der Waals surface area contributed by atoms with Crippen LogP contribution in [0, 0.1) is 0 Å². The molecule has 8 nitrogen and oxygen atoms in total. The number of thiophene rings is 1. The molecule has 150 valence electrons. The molecule has 0 unspecified atom stereocenters.